The molecule has 0 saturated heterocycles. The molecular formula is C14H11N7O. The van der Waals surface area contributed by atoms with Crippen molar-refractivity contribution in [3.63, 3.8) is 0 Å². The number of aryl methyl sites for hydroxylation is 1. The molecule has 4 aromatic rings. The second-order valence-corrected chi connectivity index (χ2v) is 4.84. The number of fused-ring (bicyclic) bond motifs is 1. The van der Waals surface area contributed by atoms with Gasteiger partial charge in [-0.2, -0.15) is 10.2 Å². The van der Waals surface area contributed by atoms with Gasteiger partial charge in [0.15, 0.2) is 5.82 Å². The van der Waals surface area contributed by atoms with E-state index in [4.69, 9.17) is 0 Å². The summed E-state index contributed by atoms with van der Waals surface area (Å²) in [6.45, 7) is 0. The van der Waals surface area contributed by atoms with E-state index in [2.05, 4.69) is 25.1 Å². The standard InChI is InChI=1S/C14H11N7O/c1-20-6-9(4-18-20)10-5-19-21(7-10)13-12-11(2-3-15-13)14(22)17-8-16-12/h2-8H,1H3,(H,16,17,22). The van der Waals surface area contributed by atoms with Crippen molar-refractivity contribution < 1.29 is 0 Å². The number of hydrogen-bond acceptors (Lipinski definition) is 5. The van der Waals surface area contributed by atoms with Gasteiger partial charge >= 0.3 is 0 Å². The zero-order valence-electron chi connectivity index (χ0n) is 11.6. The van der Waals surface area contributed by atoms with Crippen molar-refractivity contribution in [3.8, 4) is 16.9 Å². The third kappa shape index (κ3) is 1.89. The van der Waals surface area contributed by atoms with Gasteiger partial charge in [-0.3, -0.25) is 9.48 Å². The molecule has 22 heavy (non-hydrogen) atoms. The Balaban J connectivity index is 1.88. The van der Waals surface area contributed by atoms with Gasteiger partial charge in [-0.05, 0) is 6.07 Å². The highest BCUT2D eigenvalue weighted by molar-refractivity contribution is 5.83. The molecule has 0 aliphatic carbocycles. The summed E-state index contributed by atoms with van der Waals surface area (Å²) in [7, 11) is 1.86. The van der Waals surface area contributed by atoms with Crippen LogP contribution in [0.2, 0.25) is 0 Å². The Morgan fingerprint density at radius 2 is 1.91 bits per heavy atom. The molecule has 0 unspecified atom stereocenters. The number of aromatic nitrogens is 7. The molecule has 108 valence electrons. The van der Waals surface area contributed by atoms with Gasteiger partial charge in [-0.15, -0.1) is 0 Å². The van der Waals surface area contributed by atoms with Gasteiger partial charge in [-0.1, -0.05) is 0 Å². The lowest BCUT2D eigenvalue weighted by Crippen LogP contribution is -2.09. The molecule has 0 saturated carbocycles. The molecule has 0 aliphatic heterocycles. The zero-order valence-corrected chi connectivity index (χ0v) is 11.6. The van der Waals surface area contributed by atoms with Crippen molar-refractivity contribution in [2.24, 2.45) is 7.05 Å². The first-order chi connectivity index (χ1) is 10.7. The number of rotatable bonds is 2. The fraction of sp³-hybridized carbons (Fsp3) is 0.0714. The Labute approximate surface area is 124 Å². The highest BCUT2D eigenvalue weighted by atomic mass is 16.1. The van der Waals surface area contributed by atoms with Gasteiger partial charge in [0.05, 0.1) is 24.1 Å². The molecule has 4 rings (SSSR count). The van der Waals surface area contributed by atoms with E-state index in [0.29, 0.717) is 16.7 Å². The highest BCUT2D eigenvalue weighted by Crippen LogP contribution is 2.20. The number of hydrogen-bond donors (Lipinski definition) is 1. The number of H-pyrrole nitrogens is 1. The topological polar surface area (TPSA) is 94.3 Å². The number of pyridine rings is 1. The zero-order chi connectivity index (χ0) is 15.1. The maximum atomic E-state index is 11.8. The van der Waals surface area contributed by atoms with Crippen LogP contribution < -0.4 is 5.56 Å². The molecule has 8 nitrogen and oxygen atoms in total. The van der Waals surface area contributed by atoms with Gasteiger partial charge in [0.1, 0.15) is 5.52 Å². The summed E-state index contributed by atoms with van der Waals surface area (Å²) in [6, 6.07) is 1.64. The van der Waals surface area contributed by atoms with Gasteiger partial charge in [0, 0.05) is 36.8 Å². The maximum Gasteiger partial charge on any atom is 0.258 e. The molecule has 0 bridgehead atoms. The first-order valence-electron chi connectivity index (χ1n) is 6.59. The molecule has 0 amide bonds. The summed E-state index contributed by atoms with van der Waals surface area (Å²) in [5.41, 5.74) is 2.18. The molecule has 0 spiro atoms. The van der Waals surface area contributed by atoms with E-state index in [9.17, 15) is 4.79 Å². The summed E-state index contributed by atoms with van der Waals surface area (Å²) >= 11 is 0. The fourth-order valence-corrected chi connectivity index (χ4v) is 2.31. The first-order valence-corrected chi connectivity index (χ1v) is 6.59. The molecule has 0 aliphatic rings. The number of nitrogens with one attached hydrogen (secondary N) is 1. The Morgan fingerprint density at radius 1 is 1.09 bits per heavy atom. The van der Waals surface area contributed by atoms with Crippen molar-refractivity contribution in [2.45, 2.75) is 0 Å². The van der Waals surface area contributed by atoms with Crippen molar-refractivity contribution in [3.05, 3.63) is 53.7 Å². The fourth-order valence-electron chi connectivity index (χ4n) is 2.31. The van der Waals surface area contributed by atoms with E-state index >= 15 is 0 Å². The van der Waals surface area contributed by atoms with Crippen LogP contribution in [0.3, 0.4) is 0 Å². The predicted octanol–water partition coefficient (Wildman–Crippen LogP) is 0.904. The van der Waals surface area contributed by atoms with Crippen LogP contribution in [-0.2, 0) is 7.05 Å². The summed E-state index contributed by atoms with van der Waals surface area (Å²) in [4.78, 5) is 22.9. The largest absolute Gasteiger partial charge is 0.313 e. The quantitative estimate of drug-likeness (QED) is 0.592. The Hall–Kier alpha value is -3.29. The maximum absolute atomic E-state index is 11.8. The minimum absolute atomic E-state index is 0.201. The summed E-state index contributed by atoms with van der Waals surface area (Å²) in [6.07, 6.45) is 10.2. The third-order valence-corrected chi connectivity index (χ3v) is 3.38. The van der Waals surface area contributed by atoms with Gasteiger partial charge < -0.3 is 4.98 Å². The van der Waals surface area contributed by atoms with Crippen molar-refractivity contribution in [1.82, 2.24) is 34.5 Å². The molecule has 1 N–H and O–H groups in total. The summed E-state index contributed by atoms with van der Waals surface area (Å²) < 4.78 is 3.33. The lowest BCUT2D eigenvalue weighted by molar-refractivity contribution is 0.768. The van der Waals surface area contributed by atoms with Crippen LogP contribution in [0.1, 0.15) is 0 Å². The lowest BCUT2D eigenvalue weighted by atomic mass is 10.2. The third-order valence-electron chi connectivity index (χ3n) is 3.38. The van der Waals surface area contributed by atoms with Crippen LogP contribution in [-0.4, -0.2) is 34.5 Å². The Morgan fingerprint density at radius 3 is 2.73 bits per heavy atom. The van der Waals surface area contributed by atoms with Crippen LogP contribution in [0, 0.1) is 0 Å². The van der Waals surface area contributed by atoms with E-state index in [0.717, 1.165) is 11.1 Å². The molecule has 0 fully saturated rings. The van der Waals surface area contributed by atoms with Crippen molar-refractivity contribution in [1.29, 1.82) is 0 Å². The van der Waals surface area contributed by atoms with E-state index in [1.165, 1.54) is 6.33 Å². The monoisotopic (exact) mass is 293 g/mol. The Bertz CT molecular complexity index is 1030. The SMILES string of the molecule is Cn1cc(-c2cnn(-c3nccc4c(=O)[nH]cnc34)c2)cn1. The molecular weight excluding hydrogens is 282 g/mol. The molecule has 0 radical (unpaired) electrons. The van der Waals surface area contributed by atoms with Crippen molar-refractivity contribution in [2.75, 3.05) is 0 Å². The van der Waals surface area contributed by atoms with Crippen LogP contribution in [0.4, 0.5) is 0 Å². The normalized spacial score (nSPS) is 11.1. The second kappa shape index (κ2) is 4.62. The Kier molecular flexibility index (Phi) is 2.62. The average Bonchev–Trinajstić information content (AvgIpc) is 3.16. The summed E-state index contributed by atoms with van der Waals surface area (Å²) in [5.74, 6) is 0.513. The first kappa shape index (κ1) is 12.5. The van der Waals surface area contributed by atoms with Crippen LogP contribution in [0.25, 0.3) is 27.8 Å². The van der Waals surface area contributed by atoms with Gasteiger partial charge in [-0.25, -0.2) is 14.6 Å². The minimum atomic E-state index is -0.201. The molecule has 8 heteroatoms. The van der Waals surface area contributed by atoms with Gasteiger partial charge in [0.2, 0.25) is 0 Å². The molecule has 4 heterocycles. The number of aromatic amines is 1. The highest BCUT2D eigenvalue weighted by Gasteiger charge is 2.11. The van der Waals surface area contributed by atoms with E-state index in [1.54, 1.807) is 34.0 Å². The predicted molar refractivity (Wildman–Crippen MR) is 79.5 cm³/mol. The van der Waals surface area contributed by atoms with E-state index in [-0.39, 0.29) is 5.56 Å². The summed E-state index contributed by atoms with van der Waals surface area (Å²) in [5, 5.41) is 8.94. The molecule has 0 atom stereocenters. The van der Waals surface area contributed by atoms with Crippen LogP contribution in [0.15, 0.2) is 48.2 Å². The van der Waals surface area contributed by atoms with E-state index in [1.807, 2.05) is 19.4 Å². The number of nitrogens with zero attached hydrogens (tertiary/aromatic N) is 6. The molecule has 0 aromatic carbocycles. The molecule has 4 aromatic heterocycles. The minimum Gasteiger partial charge on any atom is -0.313 e. The van der Waals surface area contributed by atoms with Crippen LogP contribution >= 0.6 is 0 Å². The van der Waals surface area contributed by atoms with Gasteiger partial charge in [0.25, 0.3) is 5.56 Å². The van der Waals surface area contributed by atoms with Crippen molar-refractivity contribution >= 4 is 10.9 Å². The smallest absolute Gasteiger partial charge is 0.258 e. The van der Waals surface area contributed by atoms with Crippen LogP contribution in [0.5, 0.6) is 0 Å². The second-order valence-electron chi connectivity index (χ2n) is 4.84. The average molecular weight is 293 g/mol. The van der Waals surface area contributed by atoms with E-state index < -0.39 is 0 Å². The lowest BCUT2D eigenvalue weighted by Gasteiger charge is -2.03.